The molecule has 0 aliphatic carbocycles. The van der Waals surface area contributed by atoms with Gasteiger partial charge < -0.3 is 14.8 Å². The van der Waals surface area contributed by atoms with Crippen LogP contribution in [0.15, 0.2) is 4.79 Å². The molecule has 3 aliphatic rings. The van der Waals surface area contributed by atoms with Crippen LogP contribution in [0.25, 0.3) is 0 Å². The molecule has 4 heterocycles. The van der Waals surface area contributed by atoms with Gasteiger partial charge in [-0.2, -0.15) is 4.98 Å². The second-order valence-electron chi connectivity index (χ2n) is 8.09. The summed E-state index contributed by atoms with van der Waals surface area (Å²) in [5, 5.41) is 2.48. The van der Waals surface area contributed by atoms with Crippen molar-refractivity contribution < 1.29 is 14.4 Å². The fourth-order valence-corrected chi connectivity index (χ4v) is 4.73. The molecule has 4 rings (SSSR count). The lowest BCUT2D eigenvalue weighted by molar-refractivity contribution is -0.133. The number of hydrogen-bond acceptors (Lipinski definition) is 5. The van der Waals surface area contributed by atoms with Crippen molar-refractivity contribution in [1.29, 1.82) is 0 Å². The Hall–Kier alpha value is -2.71. The van der Waals surface area contributed by atoms with Crippen molar-refractivity contribution in [2.45, 2.75) is 57.9 Å². The van der Waals surface area contributed by atoms with Gasteiger partial charge >= 0.3 is 6.03 Å². The largest absolute Gasteiger partial charge is 0.342 e. The number of amides is 4. The van der Waals surface area contributed by atoms with Crippen molar-refractivity contribution in [3.05, 3.63) is 27.4 Å². The number of nitrogens with zero attached hydrogens (tertiary/aromatic N) is 4. The minimum atomic E-state index is -0.382. The molecule has 9 nitrogen and oxygen atoms in total. The van der Waals surface area contributed by atoms with Crippen molar-refractivity contribution in [3.8, 4) is 0 Å². The molecule has 1 N–H and O–H groups in total. The highest BCUT2D eigenvalue weighted by molar-refractivity contribution is 6.01. The summed E-state index contributed by atoms with van der Waals surface area (Å²) in [7, 11) is 0. The zero-order valence-corrected chi connectivity index (χ0v) is 16.8. The van der Waals surface area contributed by atoms with E-state index >= 15 is 0 Å². The molecule has 0 radical (unpaired) electrons. The Labute approximate surface area is 169 Å². The van der Waals surface area contributed by atoms with E-state index in [9.17, 15) is 19.2 Å². The third kappa shape index (κ3) is 3.77. The molecule has 156 valence electrons. The number of hydrogen-bond donors (Lipinski definition) is 1. The summed E-state index contributed by atoms with van der Waals surface area (Å²) in [6.45, 7) is 4.34. The Morgan fingerprint density at radius 3 is 2.79 bits per heavy atom. The lowest BCUT2D eigenvalue weighted by Crippen LogP contribution is -2.41. The first kappa shape index (κ1) is 19.6. The summed E-state index contributed by atoms with van der Waals surface area (Å²) in [6.07, 6.45) is 4.45. The van der Waals surface area contributed by atoms with Gasteiger partial charge in [-0.15, -0.1) is 0 Å². The van der Waals surface area contributed by atoms with Crippen molar-refractivity contribution in [3.63, 3.8) is 0 Å². The SMILES string of the molecule is Cc1c([C@H]2CCCN(C(=O)CCCN3C(=O)CNC3=O)C2)n2c(nc1=O)CCC2. The second kappa shape index (κ2) is 7.96. The molecule has 2 fully saturated rings. The molecular weight excluding hydrogens is 374 g/mol. The summed E-state index contributed by atoms with van der Waals surface area (Å²) in [5.74, 6) is 0.809. The quantitative estimate of drug-likeness (QED) is 0.725. The van der Waals surface area contributed by atoms with E-state index in [0.717, 1.165) is 43.7 Å². The molecule has 1 atom stereocenters. The Kier molecular flexibility index (Phi) is 5.38. The van der Waals surface area contributed by atoms with Crippen LogP contribution in [-0.2, 0) is 22.6 Å². The summed E-state index contributed by atoms with van der Waals surface area (Å²) in [6, 6.07) is -0.382. The first-order valence-electron chi connectivity index (χ1n) is 10.4. The van der Waals surface area contributed by atoms with Crippen LogP contribution < -0.4 is 10.9 Å². The maximum absolute atomic E-state index is 12.7. The second-order valence-corrected chi connectivity index (χ2v) is 8.09. The minimum Gasteiger partial charge on any atom is -0.342 e. The average Bonchev–Trinajstić information content (AvgIpc) is 3.29. The third-order valence-corrected chi connectivity index (χ3v) is 6.19. The predicted molar refractivity (Wildman–Crippen MR) is 104 cm³/mol. The van der Waals surface area contributed by atoms with Gasteiger partial charge in [-0.3, -0.25) is 19.3 Å². The number of urea groups is 1. The highest BCUT2D eigenvalue weighted by Gasteiger charge is 2.31. The van der Waals surface area contributed by atoms with Crippen molar-refractivity contribution in [2.75, 3.05) is 26.2 Å². The molecule has 0 spiro atoms. The van der Waals surface area contributed by atoms with Crippen molar-refractivity contribution in [2.24, 2.45) is 0 Å². The van der Waals surface area contributed by atoms with E-state index in [1.165, 1.54) is 4.90 Å². The van der Waals surface area contributed by atoms with Crippen LogP contribution in [0.3, 0.4) is 0 Å². The molecule has 1 aromatic heterocycles. The Bertz CT molecular complexity index is 893. The lowest BCUT2D eigenvalue weighted by atomic mass is 9.91. The number of likely N-dealkylation sites (tertiary alicyclic amines) is 1. The molecule has 3 aliphatic heterocycles. The monoisotopic (exact) mass is 401 g/mol. The number of fused-ring (bicyclic) bond motifs is 1. The van der Waals surface area contributed by atoms with Crippen LogP contribution in [0, 0.1) is 6.92 Å². The van der Waals surface area contributed by atoms with E-state index in [1.807, 2.05) is 11.8 Å². The Balaban J connectivity index is 1.40. The number of aromatic nitrogens is 2. The highest BCUT2D eigenvalue weighted by Crippen LogP contribution is 2.30. The van der Waals surface area contributed by atoms with Crippen molar-refractivity contribution in [1.82, 2.24) is 24.7 Å². The molecular formula is C20H27N5O4. The maximum atomic E-state index is 12.7. The number of imide groups is 1. The van der Waals surface area contributed by atoms with E-state index < -0.39 is 0 Å². The third-order valence-electron chi connectivity index (χ3n) is 6.19. The van der Waals surface area contributed by atoms with Gasteiger partial charge in [-0.1, -0.05) is 0 Å². The molecule has 4 amide bonds. The molecule has 9 heteroatoms. The Morgan fingerprint density at radius 2 is 2.03 bits per heavy atom. The molecule has 0 aromatic carbocycles. The molecule has 29 heavy (non-hydrogen) atoms. The molecule has 0 unspecified atom stereocenters. The normalized spacial score (nSPS) is 21.5. The Morgan fingerprint density at radius 1 is 1.21 bits per heavy atom. The number of aryl methyl sites for hydroxylation is 1. The van der Waals surface area contributed by atoms with Gasteiger partial charge in [-0.05, 0) is 32.6 Å². The lowest BCUT2D eigenvalue weighted by Gasteiger charge is -2.34. The van der Waals surface area contributed by atoms with Gasteiger partial charge in [0.2, 0.25) is 11.8 Å². The van der Waals surface area contributed by atoms with E-state index in [-0.39, 0.29) is 42.4 Å². The van der Waals surface area contributed by atoms with Crippen LogP contribution in [0.1, 0.15) is 55.1 Å². The topological polar surface area (TPSA) is 105 Å². The molecule has 0 bridgehead atoms. The minimum absolute atomic E-state index is 0.0373. The van der Waals surface area contributed by atoms with Gasteiger partial charge in [-0.25, -0.2) is 4.79 Å². The summed E-state index contributed by atoms with van der Waals surface area (Å²) >= 11 is 0. The standard InChI is InChI=1S/C20H27N5O4/c1-13-18(24-9-3-6-15(24)22-19(13)28)14-5-2-8-23(12-14)16(26)7-4-10-25-17(27)11-21-20(25)29/h14H,2-12H2,1H3,(H,21,29)/t14-/m0/s1. The number of nitrogens with one attached hydrogen (secondary N) is 1. The summed E-state index contributed by atoms with van der Waals surface area (Å²) in [4.78, 5) is 55.5. The zero-order chi connectivity index (χ0) is 20.5. The first-order chi connectivity index (χ1) is 14.0. The number of carbonyl (C=O) groups is 3. The van der Waals surface area contributed by atoms with Crippen LogP contribution in [0.2, 0.25) is 0 Å². The zero-order valence-electron chi connectivity index (χ0n) is 16.8. The van der Waals surface area contributed by atoms with Crippen molar-refractivity contribution >= 4 is 17.8 Å². The van der Waals surface area contributed by atoms with Gasteiger partial charge in [0.25, 0.3) is 5.56 Å². The van der Waals surface area contributed by atoms with Crippen LogP contribution >= 0.6 is 0 Å². The maximum Gasteiger partial charge on any atom is 0.324 e. The van der Waals surface area contributed by atoms with E-state index in [1.54, 1.807) is 0 Å². The fourth-order valence-electron chi connectivity index (χ4n) is 4.73. The molecule has 0 saturated carbocycles. The smallest absolute Gasteiger partial charge is 0.324 e. The van der Waals surface area contributed by atoms with Crippen LogP contribution in [-0.4, -0.2) is 63.4 Å². The predicted octanol–water partition coefficient (Wildman–Crippen LogP) is 0.536. The van der Waals surface area contributed by atoms with Gasteiger partial charge in [0, 0.05) is 56.2 Å². The van der Waals surface area contributed by atoms with Crippen LogP contribution in [0.4, 0.5) is 4.79 Å². The number of piperidine rings is 1. The highest BCUT2D eigenvalue weighted by atomic mass is 16.2. The first-order valence-corrected chi connectivity index (χ1v) is 10.4. The van der Waals surface area contributed by atoms with Gasteiger partial charge in [0.1, 0.15) is 5.82 Å². The van der Waals surface area contributed by atoms with E-state index in [0.29, 0.717) is 31.5 Å². The van der Waals surface area contributed by atoms with E-state index in [4.69, 9.17) is 0 Å². The van der Waals surface area contributed by atoms with E-state index in [2.05, 4.69) is 14.9 Å². The van der Waals surface area contributed by atoms with Crippen LogP contribution in [0.5, 0.6) is 0 Å². The van der Waals surface area contributed by atoms with Gasteiger partial charge in [0.15, 0.2) is 0 Å². The number of carbonyl (C=O) groups excluding carboxylic acids is 3. The average molecular weight is 401 g/mol. The number of rotatable bonds is 5. The fraction of sp³-hybridized carbons (Fsp3) is 0.650. The molecule has 2 saturated heterocycles. The molecule has 1 aromatic rings. The summed E-state index contributed by atoms with van der Waals surface area (Å²) < 4.78 is 2.19. The van der Waals surface area contributed by atoms with Gasteiger partial charge in [0.05, 0.1) is 6.54 Å². The summed E-state index contributed by atoms with van der Waals surface area (Å²) in [5.41, 5.74) is 1.60.